The second kappa shape index (κ2) is 9.21. The maximum Gasteiger partial charge on any atom is 0.406 e. The Morgan fingerprint density at radius 1 is 1.15 bits per heavy atom. The largest absolute Gasteiger partial charge is 0.406 e. The SMILES string of the molecule is C#N.O=C1c2ccc(Nc3nn(C4CCCCC4)c4cc[nH]c(=O)c34)cc2CN1CC(F)(F)F. The van der Waals surface area contributed by atoms with E-state index >= 15 is 0 Å². The zero-order chi connectivity index (χ0) is 24.5. The number of hydrogen-bond donors (Lipinski definition) is 2. The van der Waals surface area contributed by atoms with Gasteiger partial charge in [0.2, 0.25) is 0 Å². The molecule has 0 atom stereocenters. The Morgan fingerprint density at radius 2 is 1.88 bits per heavy atom. The highest BCUT2D eigenvalue weighted by Crippen LogP contribution is 2.34. The van der Waals surface area contributed by atoms with Gasteiger partial charge in [0.05, 0.1) is 11.6 Å². The number of hydrogen-bond acceptors (Lipinski definition) is 5. The number of rotatable bonds is 4. The first kappa shape index (κ1) is 23.4. The number of nitrogens with one attached hydrogen (secondary N) is 2. The fraction of sp³-hybridized carbons (Fsp3) is 0.391. The number of alkyl halides is 3. The molecule has 178 valence electrons. The van der Waals surface area contributed by atoms with E-state index in [2.05, 4.69) is 16.9 Å². The van der Waals surface area contributed by atoms with Crippen LogP contribution in [0.5, 0.6) is 0 Å². The third kappa shape index (κ3) is 4.48. The Kier molecular flexibility index (Phi) is 6.32. The lowest BCUT2D eigenvalue weighted by Crippen LogP contribution is -2.34. The maximum atomic E-state index is 12.8. The van der Waals surface area contributed by atoms with Crippen LogP contribution in [0, 0.1) is 11.8 Å². The van der Waals surface area contributed by atoms with Gasteiger partial charge in [-0.3, -0.25) is 14.3 Å². The van der Waals surface area contributed by atoms with Crippen LogP contribution in [-0.4, -0.2) is 38.3 Å². The molecule has 0 spiro atoms. The van der Waals surface area contributed by atoms with Crippen molar-refractivity contribution >= 4 is 28.3 Å². The van der Waals surface area contributed by atoms with Gasteiger partial charge in [-0.1, -0.05) is 19.3 Å². The van der Waals surface area contributed by atoms with Crippen molar-refractivity contribution < 1.29 is 18.0 Å². The number of nitrogens with zero attached hydrogens (tertiary/aromatic N) is 4. The molecule has 2 aromatic heterocycles. The minimum absolute atomic E-state index is 0.110. The van der Waals surface area contributed by atoms with Crippen molar-refractivity contribution in [2.45, 2.75) is 50.9 Å². The number of benzene rings is 1. The van der Waals surface area contributed by atoms with Crippen molar-refractivity contribution in [3.8, 4) is 6.57 Å². The van der Waals surface area contributed by atoms with Crippen LogP contribution in [0.15, 0.2) is 35.3 Å². The molecule has 0 radical (unpaired) electrons. The Labute approximate surface area is 193 Å². The van der Waals surface area contributed by atoms with Gasteiger partial charge in [0.15, 0.2) is 5.82 Å². The van der Waals surface area contributed by atoms with Crippen LogP contribution in [0.25, 0.3) is 10.9 Å². The first-order chi connectivity index (χ1) is 16.3. The van der Waals surface area contributed by atoms with Crippen LogP contribution in [0.1, 0.15) is 54.1 Å². The van der Waals surface area contributed by atoms with Crippen molar-refractivity contribution in [2.24, 2.45) is 0 Å². The summed E-state index contributed by atoms with van der Waals surface area (Å²) < 4.78 is 40.2. The van der Waals surface area contributed by atoms with E-state index in [9.17, 15) is 22.8 Å². The molecule has 2 N–H and O–H groups in total. The second-order valence-electron chi connectivity index (χ2n) is 8.43. The van der Waals surface area contributed by atoms with Gasteiger partial charge in [-0.15, -0.1) is 0 Å². The summed E-state index contributed by atoms with van der Waals surface area (Å²) in [5.74, 6) is -0.240. The first-order valence-electron chi connectivity index (χ1n) is 10.9. The number of nitriles is 1. The molecule has 1 saturated carbocycles. The number of fused-ring (bicyclic) bond motifs is 2. The molecular weight excluding hydrogens is 449 g/mol. The highest BCUT2D eigenvalue weighted by atomic mass is 19.4. The molecule has 1 aliphatic heterocycles. The number of carbonyl (C=O) groups is 1. The molecule has 3 heterocycles. The molecule has 3 aromatic rings. The minimum Gasteiger partial charge on any atom is -0.338 e. The highest BCUT2D eigenvalue weighted by molar-refractivity contribution is 5.99. The molecule has 8 nitrogen and oxygen atoms in total. The number of carbonyl (C=O) groups excluding carboxylic acids is 1. The van der Waals surface area contributed by atoms with Crippen molar-refractivity contribution in [3.05, 3.63) is 51.9 Å². The molecule has 11 heteroatoms. The first-order valence-corrected chi connectivity index (χ1v) is 10.9. The van der Waals surface area contributed by atoms with Gasteiger partial charge in [0, 0.05) is 30.6 Å². The molecule has 1 amide bonds. The molecule has 1 aliphatic carbocycles. The van der Waals surface area contributed by atoms with Gasteiger partial charge in [-0.2, -0.15) is 18.3 Å². The predicted octanol–water partition coefficient (Wildman–Crippen LogP) is 4.63. The summed E-state index contributed by atoms with van der Waals surface area (Å²) in [6, 6.07) is 6.83. The monoisotopic (exact) mass is 472 g/mol. The molecule has 0 unspecified atom stereocenters. The molecule has 2 aliphatic rings. The van der Waals surface area contributed by atoms with Gasteiger partial charge in [0.1, 0.15) is 11.9 Å². The van der Waals surface area contributed by atoms with Crippen LogP contribution in [0.3, 0.4) is 0 Å². The van der Waals surface area contributed by atoms with Gasteiger partial charge in [-0.25, -0.2) is 5.26 Å². The Bertz CT molecular complexity index is 1290. The van der Waals surface area contributed by atoms with Crippen LogP contribution >= 0.6 is 0 Å². The third-order valence-corrected chi connectivity index (χ3v) is 6.17. The maximum absolute atomic E-state index is 12.8. The summed E-state index contributed by atoms with van der Waals surface area (Å²) in [5.41, 5.74) is 1.81. The van der Waals surface area contributed by atoms with Crippen LogP contribution in [0.4, 0.5) is 24.7 Å². The fourth-order valence-corrected chi connectivity index (χ4v) is 4.73. The summed E-state index contributed by atoms with van der Waals surface area (Å²) in [7, 11) is 0. The van der Waals surface area contributed by atoms with Crippen molar-refractivity contribution in [1.82, 2.24) is 19.7 Å². The predicted molar refractivity (Wildman–Crippen MR) is 120 cm³/mol. The number of aromatic nitrogens is 3. The number of amides is 1. The number of H-pyrrole nitrogens is 1. The summed E-state index contributed by atoms with van der Waals surface area (Å²) in [6.07, 6.45) is 2.57. The Morgan fingerprint density at radius 3 is 2.59 bits per heavy atom. The lowest BCUT2D eigenvalue weighted by molar-refractivity contribution is -0.140. The average molecular weight is 472 g/mol. The average Bonchev–Trinajstić information content (AvgIpc) is 3.33. The number of anilines is 2. The number of aromatic amines is 1. The van der Waals surface area contributed by atoms with E-state index in [-0.39, 0.29) is 23.7 Å². The molecule has 0 bridgehead atoms. The topological polar surface area (TPSA) is 107 Å². The number of halogens is 3. The van der Waals surface area contributed by atoms with Gasteiger partial charge < -0.3 is 15.2 Å². The summed E-state index contributed by atoms with van der Waals surface area (Å²) in [4.78, 5) is 28.3. The van der Waals surface area contributed by atoms with E-state index < -0.39 is 18.6 Å². The molecule has 5 rings (SSSR count). The van der Waals surface area contributed by atoms with Crippen LogP contribution in [0.2, 0.25) is 0 Å². The normalized spacial score (nSPS) is 16.3. The Balaban J connectivity index is 0.00000133. The van der Waals surface area contributed by atoms with Crippen molar-refractivity contribution in [1.29, 1.82) is 5.26 Å². The smallest absolute Gasteiger partial charge is 0.338 e. The molecular formula is C23H23F3N6O2. The molecule has 1 fully saturated rings. The lowest BCUT2D eigenvalue weighted by atomic mass is 9.95. The quantitative estimate of drug-likeness (QED) is 0.576. The van der Waals surface area contributed by atoms with E-state index in [1.165, 1.54) is 12.5 Å². The number of pyridine rings is 1. The van der Waals surface area contributed by atoms with Gasteiger partial charge in [0.25, 0.3) is 11.5 Å². The van der Waals surface area contributed by atoms with E-state index in [4.69, 9.17) is 10.4 Å². The van der Waals surface area contributed by atoms with Crippen LogP contribution < -0.4 is 10.9 Å². The van der Waals surface area contributed by atoms with Crippen molar-refractivity contribution in [2.75, 3.05) is 11.9 Å². The Hall–Kier alpha value is -3.81. The zero-order valence-corrected chi connectivity index (χ0v) is 18.2. The molecule has 0 saturated heterocycles. The minimum atomic E-state index is -4.45. The van der Waals surface area contributed by atoms with Gasteiger partial charge >= 0.3 is 6.18 Å². The van der Waals surface area contributed by atoms with E-state index in [0.29, 0.717) is 22.5 Å². The van der Waals surface area contributed by atoms with Crippen LogP contribution in [-0.2, 0) is 6.54 Å². The summed E-state index contributed by atoms with van der Waals surface area (Å²) in [5, 5.41) is 14.8. The summed E-state index contributed by atoms with van der Waals surface area (Å²) >= 11 is 0. The second-order valence-corrected chi connectivity index (χ2v) is 8.43. The molecule has 34 heavy (non-hydrogen) atoms. The molecule has 1 aromatic carbocycles. The van der Waals surface area contributed by atoms with E-state index in [1.807, 2.05) is 10.7 Å². The fourth-order valence-electron chi connectivity index (χ4n) is 4.73. The standard InChI is InChI=1S/C22H22F3N5O2.CHN/c23-22(24,25)12-29-11-13-10-14(6-7-16(13)21(29)32)27-19-18-17(8-9-26-20(18)31)30(28-19)15-4-2-1-3-5-15;1-2/h6-10,15H,1-5,11-12H2,(H,26,31)(H,27,28);1H. The lowest BCUT2D eigenvalue weighted by Gasteiger charge is -2.22. The summed E-state index contributed by atoms with van der Waals surface area (Å²) in [6.45, 7) is 2.11. The van der Waals surface area contributed by atoms with Gasteiger partial charge in [-0.05, 0) is 42.7 Å². The van der Waals surface area contributed by atoms with Crippen molar-refractivity contribution in [3.63, 3.8) is 0 Å². The highest BCUT2D eigenvalue weighted by Gasteiger charge is 2.37. The zero-order valence-electron chi connectivity index (χ0n) is 18.2. The van der Waals surface area contributed by atoms with E-state index in [1.54, 1.807) is 18.3 Å². The van der Waals surface area contributed by atoms with E-state index in [0.717, 1.165) is 36.1 Å². The third-order valence-electron chi connectivity index (χ3n) is 6.17.